The molecule has 0 aliphatic carbocycles. The summed E-state index contributed by atoms with van der Waals surface area (Å²) >= 11 is 0. The van der Waals surface area contributed by atoms with E-state index in [-0.39, 0.29) is 10.7 Å². The third-order valence-corrected chi connectivity index (χ3v) is 4.95. The minimum Gasteiger partial charge on any atom is -0.396 e. The van der Waals surface area contributed by atoms with Gasteiger partial charge in [-0.1, -0.05) is 13.8 Å². The Balaban J connectivity index is 2.82. The van der Waals surface area contributed by atoms with Gasteiger partial charge in [0, 0.05) is 12.7 Å². The van der Waals surface area contributed by atoms with Crippen LogP contribution < -0.4 is 11.1 Å². The Hall–Kier alpha value is -1.63. The van der Waals surface area contributed by atoms with Crippen molar-refractivity contribution in [2.75, 3.05) is 12.3 Å². The summed E-state index contributed by atoms with van der Waals surface area (Å²) in [4.78, 5) is 15.7. The lowest BCUT2D eigenvalue weighted by atomic mass is 10.1. The lowest BCUT2D eigenvalue weighted by Gasteiger charge is -2.14. The predicted octanol–water partition coefficient (Wildman–Crippen LogP) is 0.988. The van der Waals surface area contributed by atoms with Gasteiger partial charge in [0.1, 0.15) is 5.25 Å². The van der Waals surface area contributed by atoms with E-state index < -0.39 is 21.0 Å². The maximum absolute atomic E-state index is 12.3. The summed E-state index contributed by atoms with van der Waals surface area (Å²) < 4.78 is 24.6. The molecule has 3 N–H and O–H groups in total. The summed E-state index contributed by atoms with van der Waals surface area (Å²) in [5.74, 6) is -0.0932. The van der Waals surface area contributed by atoms with Crippen LogP contribution in [0.3, 0.4) is 0 Å². The van der Waals surface area contributed by atoms with Gasteiger partial charge >= 0.3 is 0 Å². The minimum absolute atomic E-state index is 0.0503. The second kappa shape index (κ2) is 6.69. The second-order valence-corrected chi connectivity index (χ2v) is 7.24. The van der Waals surface area contributed by atoms with E-state index in [4.69, 9.17) is 5.73 Å². The van der Waals surface area contributed by atoms with Gasteiger partial charge in [0.05, 0.1) is 5.69 Å². The monoisotopic (exact) mass is 299 g/mol. The van der Waals surface area contributed by atoms with Crippen LogP contribution in [-0.2, 0) is 14.6 Å². The van der Waals surface area contributed by atoms with E-state index in [1.807, 2.05) is 13.8 Å². The van der Waals surface area contributed by atoms with Gasteiger partial charge in [-0.3, -0.25) is 4.79 Å². The Kier molecular flexibility index (Phi) is 5.50. The zero-order valence-electron chi connectivity index (χ0n) is 12.0. The molecular formula is C13H21N3O3S. The number of nitrogens with one attached hydrogen (secondary N) is 1. The fraction of sp³-hybridized carbons (Fsp3) is 0.538. The zero-order chi connectivity index (χ0) is 15.3. The number of rotatable bonds is 6. The Labute approximate surface area is 119 Å². The average Bonchev–Trinajstić information content (AvgIpc) is 2.37. The Morgan fingerprint density at radius 2 is 2.05 bits per heavy atom. The van der Waals surface area contributed by atoms with Crippen molar-refractivity contribution in [3.05, 3.63) is 18.3 Å². The fourth-order valence-electron chi connectivity index (χ4n) is 1.58. The van der Waals surface area contributed by atoms with Gasteiger partial charge in [-0.05, 0) is 31.4 Å². The number of amides is 1. The maximum Gasteiger partial charge on any atom is 0.238 e. The third kappa shape index (κ3) is 3.93. The first-order valence-electron chi connectivity index (χ1n) is 6.49. The summed E-state index contributed by atoms with van der Waals surface area (Å²) in [5, 5.41) is 1.16. The van der Waals surface area contributed by atoms with E-state index in [9.17, 15) is 13.2 Å². The van der Waals surface area contributed by atoms with E-state index in [1.54, 1.807) is 6.07 Å². The molecule has 112 valence electrons. The molecule has 1 heterocycles. The quantitative estimate of drug-likeness (QED) is 0.815. The summed E-state index contributed by atoms with van der Waals surface area (Å²) in [6.45, 7) is 5.85. The second-order valence-electron chi connectivity index (χ2n) is 5.06. The van der Waals surface area contributed by atoms with Crippen LogP contribution in [-0.4, -0.2) is 31.1 Å². The van der Waals surface area contributed by atoms with Crippen LogP contribution in [0, 0.1) is 5.92 Å². The lowest BCUT2D eigenvalue weighted by molar-refractivity contribution is -0.120. The van der Waals surface area contributed by atoms with Crippen molar-refractivity contribution < 1.29 is 13.2 Å². The number of hydrogen-bond acceptors (Lipinski definition) is 5. The van der Waals surface area contributed by atoms with Crippen LogP contribution in [0.2, 0.25) is 0 Å². The van der Waals surface area contributed by atoms with Gasteiger partial charge in [0.25, 0.3) is 0 Å². The number of hydrogen-bond donors (Lipinski definition) is 2. The molecule has 1 unspecified atom stereocenters. The zero-order valence-corrected chi connectivity index (χ0v) is 12.8. The maximum atomic E-state index is 12.3. The molecule has 6 nitrogen and oxygen atoms in total. The Morgan fingerprint density at radius 1 is 1.40 bits per heavy atom. The molecule has 0 spiro atoms. The van der Waals surface area contributed by atoms with Crippen LogP contribution in [0.25, 0.3) is 0 Å². The van der Waals surface area contributed by atoms with Gasteiger partial charge in [0.15, 0.2) is 5.03 Å². The molecule has 0 aliphatic rings. The molecule has 0 radical (unpaired) electrons. The largest absolute Gasteiger partial charge is 0.396 e. The average molecular weight is 299 g/mol. The number of carbonyl (C=O) groups excluding carboxylic acids is 1. The van der Waals surface area contributed by atoms with E-state index in [0.717, 1.165) is 6.42 Å². The molecule has 1 aromatic rings. The van der Waals surface area contributed by atoms with Crippen molar-refractivity contribution in [3.63, 3.8) is 0 Å². The van der Waals surface area contributed by atoms with E-state index in [1.165, 1.54) is 19.2 Å². The molecule has 0 aliphatic heterocycles. The molecule has 0 aromatic carbocycles. The van der Waals surface area contributed by atoms with Crippen LogP contribution in [0.1, 0.15) is 27.2 Å². The summed E-state index contributed by atoms with van der Waals surface area (Å²) in [7, 11) is -3.87. The van der Waals surface area contributed by atoms with Gasteiger partial charge < -0.3 is 11.1 Å². The Morgan fingerprint density at radius 3 is 2.60 bits per heavy atom. The highest BCUT2D eigenvalue weighted by atomic mass is 32.2. The predicted molar refractivity (Wildman–Crippen MR) is 77.8 cm³/mol. The van der Waals surface area contributed by atoms with E-state index in [2.05, 4.69) is 10.3 Å². The number of aromatic nitrogens is 1. The first kappa shape index (κ1) is 16.4. The first-order chi connectivity index (χ1) is 9.26. The number of carbonyl (C=O) groups is 1. The topological polar surface area (TPSA) is 102 Å². The molecule has 20 heavy (non-hydrogen) atoms. The molecule has 0 bridgehead atoms. The summed E-state index contributed by atoms with van der Waals surface area (Å²) in [5.41, 5.74) is 5.66. The highest BCUT2D eigenvalue weighted by Gasteiger charge is 2.32. The van der Waals surface area contributed by atoms with Crippen molar-refractivity contribution in [1.29, 1.82) is 0 Å². The standard InChI is InChI=1S/C13H21N3O3S/c1-9(2)6-8-15-12(17)10(3)20(18,19)13-11(14)5-4-7-16-13/h4-5,7,9-10H,6,8,14H2,1-3H3,(H,15,17). The summed E-state index contributed by atoms with van der Waals surface area (Å²) in [6.07, 6.45) is 2.14. The minimum atomic E-state index is -3.87. The van der Waals surface area contributed by atoms with Crippen molar-refractivity contribution in [1.82, 2.24) is 10.3 Å². The van der Waals surface area contributed by atoms with Crippen molar-refractivity contribution in [2.45, 2.75) is 37.5 Å². The van der Waals surface area contributed by atoms with Crippen LogP contribution >= 0.6 is 0 Å². The summed E-state index contributed by atoms with van der Waals surface area (Å²) in [6, 6.07) is 2.99. The van der Waals surface area contributed by atoms with Crippen LogP contribution in [0.15, 0.2) is 23.4 Å². The highest BCUT2D eigenvalue weighted by Crippen LogP contribution is 2.19. The number of pyridine rings is 1. The number of sulfone groups is 1. The molecule has 1 amide bonds. The number of anilines is 1. The smallest absolute Gasteiger partial charge is 0.238 e. The van der Waals surface area contributed by atoms with Gasteiger partial charge in [-0.2, -0.15) is 0 Å². The lowest BCUT2D eigenvalue weighted by Crippen LogP contribution is -2.39. The number of nitrogens with two attached hydrogens (primary N) is 1. The molecule has 1 rings (SSSR count). The molecule has 1 atom stereocenters. The van der Waals surface area contributed by atoms with Gasteiger partial charge in [0.2, 0.25) is 15.7 Å². The van der Waals surface area contributed by atoms with Crippen molar-refractivity contribution in [2.24, 2.45) is 5.92 Å². The molecule has 7 heteroatoms. The molecular weight excluding hydrogens is 278 g/mol. The van der Waals surface area contributed by atoms with Crippen LogP contribution in [0.5, 0.6) is 0 Å². The Bertz CT molecular complexity index is 570. The molecule has 0 fully saturated rings. The van der Waals surface area contributed by atoms with E-state index in [0.29, 0.717) is 12.5 Å². The first-order valence-corrected chi connectivity index (χ1v) is 8.03. The van der Waals surface area contributed by atoms with Crippen molar-refractivity contribution >= 4 is 21.4 Å². The van der Waals surface area contributed by atoms with Crippen molar-refractivity contribution in [3.8, 4) is 0 Å². The van der Waals surface area contributed by atoms with Gasteiger partial charge in [-0.15, -0.1) is 0 Å². The SMILES string of the molecule is CC(C)CCNC(=O)C(C)S(=O)(=O)c1ncccc1N. The normalized spacial score (nSPS) is 13.2. The molecule has 0 saturated carbocycles. The number of nitrogen functional groups attached to an aromatic ring is 1. The van der Waals surface area contributed by atoms with E-state index >= 15 is 0 Å². The molecule has 0 saturated heterocycles. The highest BCUT2D eigenvalue weighted by molar-refractivity contribution is 7.92. The van der Waals surface area contributed by atoms with Crippen LogP contribution in [0.4, 0.5) is 5.69 Å². The fourth-order valence-corrected chi connectivity index (χ4v) is 2.88. The van der Waals surface area contributed by atoms with Gasteiger partial charge in [-0.25, -0.2) is 13.4 Å². The third-order valence-electron chi connectivity index (χ3n) is 2.93. The molecule has 1 aromatic heterocycles. The number of nitrogens with zero attached hydrogens (tertiary/aromatic N) is 1.